The first-order valence-electron chi connectivity index (χ1n) is 8.53. The molecule has 0 aliphatic carbocycles. The number of hydrogen-bond acceptors (Lipinski definition) is 4. The number of hydrogen-bond donors (Lipinski definition) is 1. The van der Waals surface area contributed by atoms with Crippen molar-refractivity contribution in [3.63, 3.8) is 0 Å². The molecule has 8 heteroatoms. The monoisotopic (exact) mass is 387 g/mol. The van der Waals surface area contributed by atoms with E-state index in [1.54, 1.807) is 31.2 Å². The van der Waals surface area contributed by atoms with E-state index in [1.807, 2.05) is 0 Å². The summed E-state index contributed by atoms with van der Waals surface area (Å²) in [7, 11) is 1.47. The molecule has 0 fully saturated rings. The van der Waals surface area contributed by atoms with Crippen molar-refractivity contribution in [2.45, 2.75) is 19.8 Å². The van der Waals surface area contributed by atoms with Crippen molar-refractivity contribution in [1.82, 2.24) is 0 Å². The minimum atomic E-state index is -3.04. The SMILES string of the molecule is COc1ccccc1N1N=C(C)C(C(=O)Nc2cccc(C(C)(F)F)c2)C1=O. The molecule has 1 atom stereocenters. The van der Waals surface area contributed by atoms with Gasteiger partial charge in [-0.3, -0.25) is 9.59 Å². The second-order valence-electron chi connectivity index (χ2n) is 6.45. The van der Waals surface area contributed by atoms with E-state index in [-0.39, 0.29) is 11.3 Å². The first-order chi connectivity index (χ1) is 13.2. The number of alkyl halides is 2. The lowest BCUT2D eigenvalue weighted by molar-refractivity contribution is -0.127. The fourth-order valence-corrected chi connectivity index (χ4v) is 2.93. The molecule has 3 rings (SSSR count). The van der Waals surface area contributed by atoms with Crippen LogP contribution in [0.25, 0.3) is 0 Å². The van der Waals surface area contributed by atoms with Gasteiger partial charge in [0.2, 0.25) is 5.91 Å². The number of halogens is 2. The molecule has 28 heavy (non-hydrogen) atoms. The summed E-state index contributed by atoms with van der Waals surface area (Å²) in [6.45, 7) is 2.34. The Labute approximate surface area is 160 Å². The molecule has 1 aliphatic rings. The summed E-state index contributed by atoms with van der Waals surface area (Å²) in [6, 6.07) is 12.2. The zero-order valence-electron chi connectivity index (χ0n) is 15.6. The summed E-state index contributed by atoms with van der Waals surface area (Å²) >= 11 is 0. The van der Waals surface area contributed by atoms with Crippen LogP contribution in [0.4, 0.5) is 20.2 Å². The predicted molar refractivity (Wildman–Crippen MR) is 102 cm³/mol. The maximum Gasteiger partial charge on any atom is 0.270 e. The topological polar surface area (TPSA) is 71.0 Å². The van der Waals surface area contributed by atoms with Crippen molar-refractivity contribution in [2.75, 3.05) is 17.4 Å². The summed E-state index contributed by atoms with van der Waals surface area (Å²) in [5.74, 6) is -4.94. The highest BCUT2D eigenvalue weighted by Gasteiger charge is 2.40. The van der Waals surface area contributed by atoms with E-state index < -0.39 is 23.7 Å². The van der Waals surface area contributed by atoms with Gasteiger partial charge in [0.15, 0.2) is 5.92 Å². The lowest BCUT2D eigenvalue weighted by atomic mass is 10.0. The van der Waals surface area contributed by atoms with Gasteiger partial charge in [-0.2, -0.15) is 10.1 Å². The van der Waals surface area contributed by atoms with E-state index in [9.17, 15) is 18.4 Å². The maximum atomic E-state index is 13.5. The molecule has 2 aromatic carbocycles. The fraction of sp³-hybridized carbons (Fsp3) is 0.250. The van der Waals surface area contributed by atoms with Crippen LogP contribution in [0.3, 0.4) is 0 Å². The minimum absolute atomic E-state index is 0.181. The summed E-state index contributed by atoms with van der Waals surface area (Å²) in [6.07, 6.45) is 0. The Bertz CT molecular complexity index is 954. The molecule has 0 saturated carbocycles. The van der Waals surface area contributed by atoms with Gasteiger partial charge in [-0.15, -0.1) is 0 Å². The van der Waals surface area contributed by atoms with E-state index in [2.05, 4.69) is 10.4 Å². The Balaban J connectivity index is 1.82. The normalized spacial score (nSPS) is 16.8. The third-order valence-electron chi connectivity index (χ3n) is 4.34. The second-order valence-corrected chi connectivity index (χ2v) is 6.45. The molecule has 1 heterocycles. The van der Waals surface area contributed by atoms with Gasteiger partial charge in [-0.05, 0) is 31.2 Å². The molecule has 0 radical (unpaired) electrons. The number of para-hydroxylation sites is 2. The molecule has 1 aliphatic heterocycles. The number of carbonyl (C=O) groups excluding carboxylic acids is 2. The van der Waals surface area contributed by atoms with Crippen LogP contribution in [0.5, 0.6) is 5.75 Å². The molecule has 1 N–H and O–H groups in total. The number of nitrogens with one attached hydrogen (secondary N) is 1. The van der Waals surface area contributed by atoms with Gasteiger partial charge in [0, 0.05) is 18.2 Å². The Hall–Kier alpha value is -3.29. The molecular weight excluding hydrogens is 368 g/mol. The quantitative estimate of drug-likeness (QED) is 0.794. The van der Waals surface area contributed by atoms with E-state index >= 15 is 0 Å². The Kier molecular flexibility index (Phi) is 5.13. The summed E-state index contributed by atoms with van der Waals surface area (Å²) in [4.78, 5) is 25.5. The van der Waals surface area contributed by atoms with Gasteiger partial charge < -0.3 is 10.1 Å². The highest BCUT2D eigenvalue weighted by atomic mass is 19.3. The Morgan fingerprint density at radius 3 is 2.61 bits per heavy atom. The molecule has 0 aromatic heterocycles. The lowest BCUT2D eigenvalue weighted by Gasteiger charge is -2.17. The number of anilines is 2. The first kappa shape index (κ1) is 19.5. The highest BCUT2D eigenvalue weighted by Crippen LogP contribution is 2.33. The first-order valence-corrected chi connectivity index (χ1v) is 8.53. The number of nitrogens with zero attached hydrogens (tertiary/aromatic N) is 2. The van der Waals surface area contributed by atoms with Crippen LogP contribution in [0.1, 0.15) is 19.4 Å². The molecule has 0 spiro atoms. The zero-order chi connectivity index (χ0) is 20.5. The molecule has 2 aromatic rings. The van der Waals surface area contributed by atoms with Crippen LogP contribution in [-0.4, -0.2) is 24.6 Å². The van der Waals surface area contributed by atoms with Crippen molar-refractivity contribution in [3.8, 4) is 5.75 Å². The number of amides is 2. The lowest BCUT2D eigenvalue weighted by Crippen LogP contribution is -2.36. The average Bonchev–Trinajstić information content (AvgIpc) is 2.95. The molecule has 146 valence electrons. The highest BCUT2D eigenvalue weighted by molar-refractivity contribution is 6.28. The van der Waals surface area contributed by atoms with E-state index in [0.29, 0.717) is 17.1 Å². The van der Waals surface area contributed by atoms with Crippen molar-refractivity contribution in [3.05, 3.63) is 54.1 Å². The summed E-state index contributed by atoms with van der Waals surface area (Å²) in [5, 5.41) is 7.83. The smallest absolute Gasteiger partial charge is 0.270 e. The van der Waals surface area contributed by atoms with Gasteiger partial charge in [0.1, 0.15) is 11.4 Å². The number of hydrazone groups is 1. The molecule has 6 nitrogen and oxygen atoms in total. The minimum Gasteiger partial charge on any atom is -0.494 e. The molecule has 0 saturated heterocycles. The third-order valence-corrected chi connectivity index (χ3v) is 4.34. The van der Waals surface area contributed by atoms with Crippen LogP contribution in [0.15, 0.2) is 53.6 Å². The van der Waals surface area contributed by atoms with Gasteiger partial charge in [-0.1, -0.05) is 24.3 Å². The number of benzene rings is 2. The number of rotatable bonds is 5. The van der Waals surface area contributed by atoms with Crippen molar-refractivity contribution in [2.24, 2.45) is 11.0 Å². The third kappa shape index (κ3) is 3.71. The molecular formula is C20H19F2N3O3. The fourth-order valence-electron chi connectivity index (χ4n) is 2.93. The van der Waals surface area contributed by atoms with E-state index in [0.717, 1.165) is 11.9 Å². The van der Waals surface area contributed by atoms with Gasteiger partial charge in [0.25, 0.3) is 11.8 Å². The Morgan fingerprint density at radius 1 is 1.21 bits per heavy atom. The number of carbonyl (C=O) groups is 2. The van der Waals surface area contributed by atoms with Crippen LogP contribution in [0.2, 0.25) is 0 Å². The zero-order valence-corrected chi connectivity index (χ0v) is 15.6. The predicted octanol–water partition coefficient (Wildman–Crippen LogP) is 3.78. The van der Waals surface area contributed by atoms with Crippen LogP contribution < -0.4 is 15.1 Å². The van der Waals surface area contributed by atoms with E-state index in [4.69, 9.17) is 4.74 Å². The second kappa shape index (κ2) is 7.38. The van der Waals surface area contributed by atoms with Gasteiger partial charge in [0.05, 0.1) is 12.8 Å². The molecule has 1 unspecified atom stereocenters. The standard InChI is InChI=1S/C20H19F2N3O3/c1-12-17(18(26)23-14-8-6-7-13(11-14)20(2,21)22)19(27)25(24-12)15-9-4-5-10-16(15)28-3/h4-11,17H,1-3H3,(H,23,26). The largest absolute Gasteiger partial charge is 0.494 e. The van der Waals surface area contributed by atoms with Crippen molar-refractivity contribution in [1.29, 1.82) is 0 Å². The Morgan fingerprint density at radius 2 is 1.93 bits per heavy atom. The molecule has 2 amide bonds. The van der Waals surface area contributed by atoms with Crippen molar-refractivity contribution >= 4 is 28.9 Å². The van der Waals surface area contributed by atoms with Crippen molar-refractivity contribution < 1.29 is 23.1 Å². The van der Waals surface area contributed by atoms with Crippen LogP contribution in [-0.2, 0) is 15.5 Å². The van der Waals surface area contributed by atoms with Gasteiger partial charge in [-0.25, -0.2) is 8.78 Å². The summed E-state index contributed by atoms with van der Waals surface area (Å²) < 4.78 is 32.2. The maximum absolute atomic E-state index is 13.5. The van der Waals surface area contributed by atoms with Crippen LogP contribution in [0, 0.1) is 5.92 Å². The molecule has 0 bridgehead atoms. The summed E-state index contributed by atoms with van der Waals surface area (Å²) in [5.41, 5.74) is 0.659. The van der Waals surface area contributed by atoms with E-state index in [1.165, 1.54) is 31.4 Å². The number of ether oxygens (including phenoxy) is 1. The van der Waals surface area contributed by atoms with Crippen LogP contribution >= 0.6 is 0 Å². The average molecular weight is 387 g/mol. The number of methoxy groups -OCH3 is 1. The van der Waals surface area contributed by atoms with Gasteiger partial charge >= 0.3 is 0 Å².